The largest absolute Gasteiger partial charge is 0.0654 e. The van der Waals surface area contributed by atoms with E-state index in [1.165, 1.54) is 6.42 Å². The molecule has 0 nitrogen and oxygen atoms in total. The number of benzene rings is 1. The van der Waals surface area contributed by atoms with Crippen LogP contribution in [0.1, 0.15) is 26.7 Å². The van der Waals surface area contributed by atoms with Crippen LogP contribution in [0.5, 0.6) is 0 Å². The Morgan fingerprint density at radius 1 is 1.60 bits per heavy atom. The summed E-state index contributed by atoms with van der Waals surface area (Å²) in [6, 6.07) is 9.27. The third kappa shape index (κ3) is 2.22. The standard InChI is InChI=1S/C10H13/c1-2-3-7-10-8-5-4-6-9-10/h4-6,8H,2-3,7H2,1H3/i8T. The van der Waals surface area contributed by atoms with Gasteiger partial charge in [0.15, 0.2) is 0 Å². The van der Waals surface area contributed by atoms with Crippen molar-refractivity contribution in [3.05, 3.63) is 35.9 Å². The highest BCUT2D eigenvalue weighted by molar-refractivity contribution is 5.12. The van der Waals surface area contributed by atoms with Gasteiger partial charge in [-0.15, -0.1) is 0 Å². The van der Waals surface area contributed by atoms with Gasteiger partial charge in [0, 0.05) is 0 Å². The van der Waals surface area contributed by atoms with E-state index in [1.54, 1.807) is 0 Å². The summed E-state index contributed by atoms with van der Waals surface area (Å²) < 4.78 is 7.52. The molecule has 1 radical (unpaired) electrons. The highest BCUT2D eigenvalue weighted by Gasteiger charge is 1.88. The Morgan fingerprint density at radius 2 is 2.50 bits per heavy atom. The number of aryl methyl sites for hydroxylation is 1. The summed E-state index contributed by atoms with van der Waals surface area (Å²) in [6.07, 6.45) is 3.34. The van der Waals surface area contributed by atoms with Crippen molar-refractivity contribution < 1.29 is 1.37 Å². The molecular formula is C10H13. The summed E-state index contributed by atoms with van der Waals surface area (Å²) in [6.45, 7) is 2.16. The van der Waals surface area contributed by atoms with Gasteiger partial charge in [-0.3, -0.25) is 0 Å². The molecule has 0 saturated heterocycles. The first-order valence-corrected chi connectivity index (χ1v) is 3.80. The summed E-state index contributed by atoms with van der Waals surface area (Å²) in [4.78, 5) is 0. The smallest absolute Gasteiger partial charge is 0.0626 e. The van der Waals surface area contributed by atoms with Gasteiger partial charge in [0.05, 0.1) is 1.37 Å². The number of hydrogen-bond acceptors (Lipinski definition) is 0. The Morgan fingerprint density at radius 3 is 3.20 bits per heavy atom. The van der Waals surface area contributed by atoms with Crippen LogP contribution in [-0.4, -0.2) is 0 Å². The molecule has 1 rings (SSSR count). The van der Waals surface area contributed by atoms with Gasteiger partial charge in [-0.2, -0.15) is 0 Å². The Kier molecular flexibility index (Phi) is 2.45. The van der Waals surface area contributed by atoms with E-state index < -0.39 is 0 Å². The minimum Gasteiger partial charge on any atom is -0.0654 e. The number of unbranched alkanes of at least 4 members (excludes halogenated alkanes) is 1. The highest BCUT2D eigenvalue weighted by Crippen LogP contribution is 2.02. The molecule has 0 fully saturated rings. The molecule has 0 aliphatic heterocycles. The van der Waals surface area contributed by atoms with Gasteiger partial charge in [0.25, 0.3) is 0 Å². The van der Waals surface area contributed by atoms with E-state index >= 15 is 0 Å². The first kappa shape index (κ1) is 5.96. The lowest BCUT2D eigenvalue weighted by Gasteiger charge is -1.95. The fraction of sp³-hybridized carbons (Fsp3) is 0.400. The average molecular weight is 135 g/mol. The normalized spacial score (nSPS) is 11.1. The maximum absolute atomic E-state index is 7.52. The van der Waals surface area contributed by atoms with E-state index in [-0.39, 0.29) is 0 Å². The molecule has 0 unspecified atom stereocenters. The number of rotatable bonds is 3. The van der Waals surface area contributed by atoms with E-state index in [0.717, 1.165) is 18.4 Å². The maximum atomic E-state index is 7.52. The summed E-state index contributed by atoms with van der Waals surface area (Å²) in [5, 5.41) is 0. The van der Waals surface area contributed by atoms with Gasteiger partial charge in [0.2, 0.25) is 0 Å². The van der Waals surface area contributed by atoms with Crippen LogP contribution in [0, 0.1) is 6.07 Å². The van der Waals surface area contributed by atoms with E-state index in [4.69, 9.17) is 1.37 Å². The molecule has 0 heterocycles. The lowest BCUT2D eigenvalue weighted by molar-refractivity contribution is 0.794. The lowest BCUT2D eigenvalue weighted by Crippen LogP contribution is -1.82. The van der Waals surface area contributed by atoms with Gasteiger partial charge < -0.3 is 0 Å². The maximum Gasteiger partial charge on any atom is 0.0626 e. The predicted octanol–water partition coefficient (Wildman–Crippen LogP) is 2.83. The molecule has 0 atom stereocenters. The van der Waals surface area contributed by atoms with Crippen molar-refractivity contribution in [2.75, 3.05) is 0 Å². The molecule has 0 spiro atoms. The molecule has 0 bridgehead atoms. The Labute approximate surface area is 64.3 Å². The molecule has 0 aliphatic carbocycles. The van der Waals surface area contributed by atoms with Crippen LogP contribution >= 0.6 is 0 Å². The monoisotopic (exact) mass is 135 g/mol. The topological polar surface area (TPSA) is 0 Å². The van der Waals surface area contributed by atoms with Gasteiger partial charge in [0.1, 0.15) is 0 Å². The first-order valence-electron chi connectivity index (χ1n) is 4.30. The molecule has 10 heavy (non-hydrogen) atoms. The molecule has 0 N–H and O–H groups in total. The fourth-order valence-corrected chi connectivity index (χ4v) is 0.885. The Hall–Kier alpha value is -0.780. The summed E-state index contributed by atoms with van der Waals surface area (Å²) in [5.41, 5.74) is 1.05. The van der Waals surface area contributed by atoms with Crippen LogP contribution in [-0.2, 0) is 6.42 Å². The second-order valence-corrected chi connectivity index (χ2v) is 2.40. The summed E-state index contributed by atoms with van der Waals surface area (Å²) in [7, 11) is 0. The third-order valence-corrected chi connectivity index (χ3v) is 1.49. The lowest BCUT2D eigenvalue weighted by atomic mass is 10.1. The average Bonchev–Trinajstić information content (AvgIpc) is 2.03. The van der Waals surface area contributed by atoms with Gasteiger partial charge in [-0.1, -0.05) is 37.6 Å². The van der Waals surface area contributed by atoms with Gasteiger partial charge >= 0.3 is 0 Å². The minimum absolute atomic E-state index is 0.626. The Balaban J connectivity index is 2.62. The molecule has 0 saturated carbocycles. The Bertz CT molecular complexity index is 218. The third-order valence-electron chi connectivity index (χ3n) is 1.49. The van der Waals surface area contributed by atoms with Crippen molar-refractivity contribution in [2.45, 2.75) is 26.2 Å². The van der Waals surface area contributed by atoms with Crippen LogP contribution in [0.15, 0.2) is 24.2 Å². The molecule has 1 aromatic carbocycles. The molecule has 53 valence electrons. The molecule has 0 aromatic heterocycles. The van der Waals surface area contributed by atoms with Gasteiger partial charge in [-0.05, 0) is 24.5 Å². The SMILES string of the molecule is [3H]c1ccc[c]c1CCCC. The van der Waals surface area contributed by atoms with Crippen molar-refractivity contribution >= 4 is 0 Å². The van der Waals surface area contributed by atoms with Crippen LogP contribution in [0.3, 0.4) is 0 Å². The van der Waals surface area contributed by atoms with Crippen LogP contribution in [0.4, 0.5) is 0 Å². The van der Waals surface area contributed by atoms with Crippen molar-refractivity contribution in [3.63, 3.8) is 0 Å². The quantitative estimate of drug-likeness (QED) is 0.598. The molecule has 0 heteroatoms. The van der Waals surface area contributed by atoms with E-state index in [1.807, 2.05) is 18.2 Å². The van der Waals surface area contributed by atoms with Crippen molar-refractivity contribution in [2.24, 2.45) is 0 Å². The zero-order valence-electron chi connectivity index (χ0n) is 7.35. The molecular weight excluding hydrogens is 120 g/mol. The second-order valence-electron chi connectivity index (χ2n) is 2.40. The zero-order chi connectivity index (χ0) is 8.10. The van der Waals surface area contributed by atoms with Crippen molar-refractivity contribution in [3.8, 4) is 0 Å². The number of hydrogen-bond donors (Lipinski definition) is 0. The summed E-state index contributed by atoms with van der Waals surface area (Å²) in [5.74, 6) is 0. The van der Waals surface area contributed by atoms with E-state index in [2.05, 4.69) is 13.0 Å². The van der Waals surface area contributed by atoms with Crippen LogP contribution < -0.4 is 0 Å². The van der Waals surface area contributed by atoms with Crippen LogP contribution in [0.2, 0.25) is 0 Å². The van der Waals surface area contributed by atoms with Gasteiger partial charge in [-0.25, -0.2) is 0 Å². The fourth-order valence-electron chi connectivity index (χ4n) is 0.885. The second kappa shape index (κ2) is 4.10. The van der Waals surface area contributed by atoms with Crippen LogP contribution in [0.25, 0.3) is 0 Å². The van der Waals surface area contributed by atoms with E-state index in [9.17, 15) is 0 Å². The minimum atomic E-state index is 0.626. The summed E-state index contributed by atoms with van der Waals surface area (Å²) >= 11 is 0. The van der Waals surface area contributed by atoms with Crippen molar-refractivity contribution in [1.82, 2.24) is 0 Å². The molecule has 0 amide bonds. The predicted molar refractivity (Wildman–Crippen MR) is 43.9 cm³/mol. The van der Waals surface area contributed by atoms with E-state index in [0.29, 0.717) is 6.04 Å². The van der Waals surface area contributed by atoms with Crippen molar-refractivity contribution in [1.29, 1.82) is 0 Å². The highest BCUT2D eigenvalue weighted by atomic mass is 13.9. The molecule has 1 aromatic rings. The molecule has 0 aliphatic rings. The zero-order valence-corrected chi connectivity index (χ0v) is 6.35. The first-order chi connectivity index (χ1) is 5.34.